The average molecular weight is 266 g/mol. The Balaban J connectivity index is 1.92. The van der Waals surface area contributed by atoms with Crippen molar-refractivity contribution in [1.82, 2.24) is 19.6 Å². The van der Waals surface area contributed by atoms with E-state index in [2.05, 4.69) is 42.0 Å². The lowest BCUT2D eigenvalue weighted by Crippen LogP contribution is -2.52. The highest BCUT2D eigenvalue weighted by molar-refractivity contribution is 5.01. The van der Waals surface area contributed by atoms with Gasteiger partial charge in [-0.1, -0.05) is 0 Å². The number of aryl methyl sites for hydroxylation is 1. The molecule has 108 valence electrons. The van der Waals surface area contributed by atoms with Gasteiger partial charge in [0.1, 0.15) is 0 Å². The lowest BCUT2D eigenvalue weighted by molar-refractivity contribution is -0.0444. The highest BCUT2D eigenvalue weighted by Crippen LogP contribution is 2.21. The van der Waals surface area contributed by atoms with Crippen LogP contribution >= 0.6 is 0 Å². The standard InChI is InChI=1S/C14H26N4O/c1-4-18-13(6-8-15-18)10-17(3)12-14(19)7-5-9-16(2)11-14/h6,8,19H,4-5,7,9-12H2,1-3H3/t14-/m0/s1. The van der Waals surface area contributed by atoms with Crippen molar-refractivity contribution in [3.63, 3.8) is 0 Å². The maximum absolute atomic E-state index is 10.7. The Hall–Kier alpha value is -0.910. The summed E-state index contributed by atoms with van der Waals surface area (Å²) in [4.78, 5) is 4.41. The molecule has 1 aliphatic heterocycles. The smallest absolute Gasteiger partial charge is 0.0900 e. The summed E-state index contributed by atoms with van der Waals surface area (Å²) in [5, 5.41) is 14.9. The fourth-order valence-electron chi connectivity index (χ4n) is 3.08. The first kappa shape index (κ1) is 14.5. The second-order valence-corrected chi connectivity index (χ2v) is 5.88. The number of likely N-dealkylation sites (tertiary alicyclic amines) is 1. The normalized spacial score (nSPS) is 25.1. The molecule has 0 amide bonds. The van der Waals surface area contributed by atoms with Crippen LogP contribution in [0.5, 0.6) is 0 Å². The van der Waals surface area contributed by atoms with E-state index in [1.807, 2.05) is 10.9 Å². The lowest BCUT2D eigenvalue weighted by Gasteiger charge is -2.39. The third kappa shape index (κ3) is 3.78. The molecule has 1 saturated heterocycles. The van der Waals surface area contributed by atoms with Crippen LogP contribution < -0.4 is 0 Å². The van der Waals surface area contributed by atoms with E-state index in [1.165, 1.54) is 5.69 Å². The van der Waals surface area contributed by atoms with Gasteiger partial charge in [-0.05, 0) is 46.5 Å². The van der Waals surface area contributed by atoms with Crippen molar-refractivity contribution >= 4 is 0 Å². The maximum atomic E-state index is 10.7. The van der Waals surface area contributed by atoms with E-state index in [1.54, 1.807) is 0 Å². The molecule has 5 nitrogen and oxygen atoms in total. The topological polar surface area (TPSA) is 44.5 Å². The number of hydrogen-bond donors (Lipinski definition) is 1. The zero-order valence-electron chi connectivity index (χ0n) is 12.3. The minimum absolute atomic E-state index is 0.571. The Bertz CT molecular complexity index is 406. The van der Waals surface area contributed by atoms with Gasteiger partial charge in [-0.15, -0.1) is 0 Å². The van der Waals surface area contributed by atoms with E-state index >= 15 is 0 Å². The molecule has 2 rings (SSSR count). The molecule has 0 saturated carbocycles. The molecule has 1 aromatic rings. The van der Waals surface area contributed by atoms with Crippen LogP contribution in [0.4, 0.5) is 0 Å². The Morgan fingerprint density at radius 1 is 1.53 bits per heavy atom. The number of aliphatic hydroxyl groups is 1. The van der Waals surface area contributed by atoms with Gasteiger partial charge in [0.25, 0.3) is 0 Å². The van der Waals surface area contributed by atoms with Crippen LogP contribution in [0.3, 0.4) is 0 Å². The number of piperidine rings is 1. The Kier molecular flexibility index (Phi) is 4.60. The van der Waals surface area contributed by atoms with Crippen LogP contribution in [0.2, 0.25) is 0 Å². The van der Waals surface area contributed by atoms with Gasteiger partial charge in [-0.3, -0.25) is 9.58 Å². The summed E-state index contributed by atoms with van der Waals surface area (Å²) in [6.07, 6.45) is 3.82. The molecule has 0 bridgehead atoms. The summed E-state index contributed by atoms with van der Waals surface area (Å²) in [7, 11) is 4.15. The predicted molar refractivity (Wildman–Crippen MR) is 75.9 cm³/mol. The molecule has 1 aromatic heterocycles. The summed E-state index contributed by atoms with van der Waals surface area (Å²) in [5.41, 5.74) is 0.636. The first-order valence-corrected chi connectivity index (χ1v) is 7.12. The monoisotopic (exact) mass is 266 g/mol. The van der Waals surface area contributed by atoms with Crippen molar-refractivity contribution in [2.45, 2.75) is 38.5 Å². The molecule has 0 aliphatic carbocycles. The number of rotatable bonds is 5. The number of nitrogens with zero attached hydrogens (tertiary/aromatic N) is 4. The first-order valence-electron chi connectivity index (χ1n) is 7.12. The summed E-state index contributed by atoms with van der Waals surface area (Å²) in [6.45, 7) is 6.40. The van der Waals surface area contributed by atoms with E-state index < -0.39 is 5.60 Å². The Morgan fingerprint density at radius 2 is 2.32 bits per heavy atom. The average Bonchev–Trinajstić information content (AvgIpc) is 2.74. The third-order valence-corrected chi connectivity index (χ3v) is 3.85. The van der Waals surface area contributed by atoms with Crippen LogP contribution in [0.1, 0.15) is 25.5 Å². The molecule has 1 aliphatic rings. The van der Waals surface area contributed by atoms with E-state index in [-0.39, 0.29) is 0 Å². The molecule has 2 heterocycles. The largest absolute Gasteiger partial charge is 0.387 e. The van der Waals surface area contributed by atoms with Gasteiger partial charge < -0.3 is 10.0 Å². The molecule has 0 radical (unpaired) electrons. The molecular formula is C14H26N4O. The van der Waals surface area contributed by atoms with Crippen LogP contribution in [0, 0.1) is 0 Å². The van der Waals surface area contributed by atoms with E-state index in [0.717, 1.165) is 39.0 Å². The highest BCUT2D eigenvalue weighted by Gasteiger charge is 2.32. The van der Waals surface area contributed by atoms with Crippen molar-refractivity contribution in [3.05, 3.63) is 18.0 Å². The minimum atomic E-state index is -0.571. The second kappa shape index (κ2) is 6.03. The van der Waals surface area contributed by atoms with Crippen LogP contribution in [0.25, 0.3) is 0 Å². The SMILES string of the molecule is CCn1nccc1CN(C)C[C@]1(O)CCCN(C)C1. The fraction of sp³-hybridized carbons (Fsp3) is 0.786. The quantitative estimate of drug-likeness (QED) is 0.856. The lowest BCUT2D eigenvalue weighted by atomic mass is 9.92. The van der Waals surface area contributed by atoms with Crippen molar-refractivity contribution in [2.24, 2.45) is 0 Å². The molecular weight excluding hydrogens is 240 g/mol. The molecule has 1 fully saturated rings. The molecule has 5 heteroatoms. The molecule has 0 spiro atoms. The van der Waals surface area contributed by atoms with E-state index in [4.69, 9.17) is 0 Å². The predicted octanol–water partition coefficient (Wildman–Crippen LogP) is 0.791. The van der Waals surface area contributed by atoms with Crippen LogP contribution in [0.15, 0.2) is 12.3 Å². The fourth-order valence-corrected chi connectivity index (χ4v) is 3.08. The number of hydrogen-bond acceptors (Lipinski definition) is 4. The van der Waals surface area contributed by atoms with Gasteiger partial charge in [0, 0.05) is 32.4 Å². The summed E-state index contributed by atoms with van der Waals surface area (Å²) >= 11 is 0. The molecule has 0 unspecified atom stereocenters. The van der Waals surface area contributed by atoms with Gasteiger partial charge in [0.05, 0.1) is 11.3 Å². The molecule has 1 N–H and O–H groups in total. The van der Waals surface area contributed by atoms with E-state index in [0.29, 0.717) is 6.54 Å². The van der Waals surface area contributed by atoms with Gasteiger partial charge in [0.2, 0.25) is 0 Å². The third-order valence-electron chi connectivity index (χ3n) is 3.85. The summed E-state index contributed by atoms with van der Waals surface area (Å²) in [5.74, 6) is 0. The number of aromatic nitrogens is 2. The first-order chi connectivity index (χ1) is 9.02. The van der Waals surface area contributed by atoms with Gasteiger partial charge in [-0.25, -0.2) is 0 Å². The second-order valence-electron chi connectivity index (χ2n) is 5.88. The number of likely N-dealkylation sites (N-methyl/N-ethyl adjacent to an activating group) is 2. The van der Waals surface area contributed by atoms with Crippen LogP contribution in [-0.4, -0.2) is 64.0 Å². The Labute approximate surface area is 115 Å². The Morgan fingerprint density at radius 3 is 3.00 bits per heavy atom. The molecule has 1 atom stereocenters. The highest BCUT2D eigenvalue weighted by atomic mass is 16.3. The van der Waals surface area contributed by atoms with Gasteiger partial charge in [-0.2, -0.15) is 5.10 Å². The number of β-amino-alcohol motifs (C(OH)–C–C–N with tert-alkyl or cyclic N) is 1. The van der Waals surface area contributed by atoms with E-state index in [9.17, 15) is 5.11 Å². The minimum Gasteiger partial charge on any atom is -0.387 e. The van der Waals surface area contributed by atoms with Crippen molar-refractivity contribution < 1.29 is 5.11 Å². The zero-order chi connectivity index (χ0) is 13.9. The van der Waals surface area contributed by atoms with Crippen molar-refractivity contribution in [3.8, 4) is 0 Å². The van der Waals surface area contributed by atoms with Gasteiger partial charge in [0.15, 0.2) is 0 Å². The summed E-state index contributed by atoms with van der Waals surface area (Å²) < 4.78 is 2.01. The molecule has 0 aromatic carbocycles. The van der Waals surface area contributed by atoms with Crippen molar-refractivity contribution in [2.75, 3.05) is 33.7 Å². The van der Waals surface area contributed by atoms with Crippen LogP contribution in [-0.2, 0) is 13.1 Å². The summed E-state index contributed by atoms with van der Waals surface area (Å²) in [6, 6.07) is 2.05. The molecule has 19 heavy (non-hydrogen) atoms. The van der Waals surface area contributed by atoms with Crippen molar-refractivity contribution in [1.29, 1.82) is 0 Å². The maximum Gasteiger partial charge on any atom is 0.0900 e. The zero-order valence-corrected chi connectivity index (χ0v) is 12.3. The van der Waals surface area contributed by atoms with Gasteiger partial charge >= 0.3 is 0 Å².